The Kier molecular flexibility index (Phi) is 28.1. The molecule has 0 aromatic heterocycles. The van der Waals surface area contributed by atoms with Gasteiger partial charge in [-0.3, -0.25) is 14.4 Å². The van der Waals surface area contributed by atoms with Crippen LogP contribution in [0.3, 0.4) is 0 Å². The van der Waals surface area contributed by atoms with E-state index in [1.807, 2.05) is 58.0 Å². The topological polar surface area (TPSA) is 156 Å². The summed E-state index contributed by atoms with van der Waals surface area (Å²) in [5.41, 5.74) is 2.27. The molecule has 0 radical (unpaired) electrons. The molecule has 5 rings (SSSR count). The van der Waals surface area contributed by atoms with Gasteiger partial charge in [-0.15, -0.1) is 0 Å². The maximum absolute atomic E-state index is 11.4. The highest BCUT2D eigenvalue weighted by atomic mass is 16.6. The number of benzene rings is 3. The van der Waals surface area contributed by atoms with Crippen molar-refractivity contribution in [3.8, 4) is 0 Å². The van der Waals surface area contributed by atoms with Crippen LogP contribution in [0.2, 0.25) is 0 Å². The summed E-state index contributed by atoms with van der Waals surface area (Å²) in [6.07, 6.45) is 2.76. The van der Waals surface area contributed by atoms with Gasteiger partial charge < -0.3 is 18.9 Å². The SMILES string of the molecule is C.CC.CC.CCCCC(=O)c1ccccc1.COC(C)=O.COC(C)=O.O=C1OC(=O)c2ccccc21.O=C1OC(=O)c2ccccc21. The Morgan fingerprint density at radius 3 is 1.06 bits per heavy atom. The molecule has 11 heteroatoms. The Labute approximate surface area is 289 Å². The number of rotatable bonds is 4. The fourth-order valence-electron chi connectivity index (χ4n) is 3.17. The number of carbonyl (C=O) groups excluding carboxylic acids is 7. The second kappa shape index (κ2) is 28.7. The molecular formula is C38H50O11. The molecule has 3 aromatic carbocycles. The van der Waals surface area contributed by atoms with Gasteiger partial charge in [0.2, 0.25) is 0 Å². The molecule has 11 nitrogen and oxygen atoms in total. The molecule has 0 saturated carbocycles. The fraction of sp³-hybridized carbons (Fsp3) is 0.342. The Balaban J connectivity index is -0.000000543. The lowest BCUT2D eigenvalue weighted by molar-refractivity contribution is -0.138. The molecule has 0 aliphatic carbocycles. The van der Waals surface area contributed by atoms with Gasteiger partial charge in [-0.2, -0.15) is 0 Å². The van der Waals surface area contributed by atoms with Crippen LogP contribution in [-0.2, 0) is 28.5 Å². The van der Waals surface area contributed by atoms with Crippen LogP contribution >= 0.6 is 0 Å². The number of carbonyl (C=O) groups is 7. The van der Waals surface area contributed by atoms with Crippen molar-refractivity contribution in [3.05, 3.63) is 107 Å². The lowest BCUT2D eigenvalue weighted by atomic mass is 10.1. The molecule has 268 valence electrons. The molecule has 0 bridgehead atoms. The first kappa shape index (κ1) is 48.0. The molecule has 0 fully saturated rings. The summed E-state index contributed by atoms with van der Waals surface area (Å²) in [4.78, 5) is 73.9. The first-order chi connectivity index (χ1) is 23.0. The number of methoxy groups -OCH3 is 2. The first-order valence-electron chi connectivity index (χ1n) is 15.3. The van der Waals surface area contributed by atoms with E-state index < -0.39 is 23.9 Å². The van der Waals surface area contributed by atoms with Crippen LogP contribution in [0.25, 0.3) is 0 Å². The summed E-state index contributed by atoms with van der Waals surface area (Å²) in [6.45, 7) is 12.8. The van der Waals surface area contributed by atoms with Gasteiger partial charge in [0, 0.05) is 25.8 Å². The molecule has 2 heterocycles. The first-order valence-corrected chi connectivity index (χ1v) is 15.3. The number of ketones is 1. The summed E-state index contributed by atoms with van der Waals surface area (Å²) in [7, 11) is 2.70. The van der Waals surface area contributed by atoms with E-state index >= 15 is 0 Å². The van der Waals surface area contributed by atoms with E-state index in [1.54, 1.807) is 48.5 Å². The predicted molar refractivity (Wildman–Crippen MR) is 187 cm³/mol. The summed E-state index contributed by atoms with van der Waals surface area (Å²) in [6, 6.07) is 22.5. The maximum atomic E-state index is 11.4. The van der Waals surface area contributed by atoms with Gasteiger partial charge in [0.15, 0.2) is 5.78 Å². The fourth-order valence-corrected chi connectivity index (χ4v) is 3.17. The van der Waals surface area contributed by atoms with Crippen LogP contribution in [0, 0.1) is 0 Å². The molecular weight excluding hydrogens is 632 g/mol. The van der Waals surface area contributed by atoms with E-state index in [-0.39, 0.29) is 25.1 Å². The van der Waals surface area contributed by atoms with Gasteiger partial charge in [0.25, 0.3) is 0 Å². The number of hydrogen-bond donors (Lipinski definition) is 0. The molecule has 3 aromatic rings. The predicted octanol–water partition coefficient (Wildman–Crippen LogP) is 8.10. The monoisotopic (exact) mass is 682 g/mol. The molecule has 0 atom stereocenters. The van der Waals surface area contributed by atoms with Crippen LogP contribution in [0.1, 0.15) is 127 Å². The number of ether oxygens (including phenoxy) is 4. The Morgan fingerprint density at radius 1 is 0.551 bits per heavy atom. The quantitative estimate of drug-likeness (QED) is 0.113. The summed E-state index contributed by atoms with van der Waals surface area (Å²) in [5.74, 6) is -2.43. The number of cyclic esters (lactones) is 4. The highest BCUT2D eigenvalue weighted by molar-refractivity contribution is 6.15. The minimum atomic E-state index is -0.550. The minimum absolute atomic E-state index is 0. The highest BCUT2D eigenvalue weighted by Crippen LogP contribution is 2.19. The zero-order valence-corrected chi connectivity index (χ0v) is 29.1. The van der Waals surface area contributed by atoms with Crippen molar-refractivity contribution in [2.24, 2.45) is 0 Å². The Morgan fingerprint density at radius 2 is 0.816 bits per heavy atom. The van der Waals surface area contributed by atoms with E-state index in [2.05, 4.69) is 25.9 Å². The lowest BCUT2D eigenvalue weighted by Crippen LogP contribution is -1.97. The van der Waals surface area contributed by atoms with Gasteiger partial charge in [-0.05, 0) is 30.7 Å². The van der Waals surface area contributed by atoms with E-state index in [1.165, 1.54) is 28.1 Å². The van der Waals surface area contributed by atoms with Crippen LogP contribution in [-0.4, -0.2) is 55.8 Å². The Hall–Kier alpha value is -5.45. The normalized spacial score (nSPS) is 10.6. The van der Waals surface area contributed by atoms with E-state index in [4.69, 9.17) is 0 Å². The molecule has 0 N–H and O–H groups in total. The van der Waals surface area contributed by atoms with Gasteiger partial charge in [-0.1, -0.05) is 103 Å². The van der Waals surface area contributed by atoms with Crippen LogP contribution < -0.4 is 0 Å². The van der Waals surface area contributed by atoms with Crippen molar-refractivity contribution >= 4 is 41.6 Å². The molecule has 0 unspecified atom stereocenters. The molecule has 49 heavy (non-hydrogen) atoms. The van der Waals surface area contributed by atoms with Crippen molar-refractivity contribution in [1.82, 2.24) is 0 Å². The molecule has 0 spiro atoms. The standard InChI is InChI=1S/C11H14O.2C8H4O3.2C3H6O2.2C2H6.CH4/c1-2-3-9-11(12)10-7-5-4-6-8-10;2*9-7-5-3-1-2-4-6(5)8(10)11-7;2*1-3(4)5-2;2*1-2;/h4-8H,2-3,9H2,1H3;2*1-4H;2*1-2H3;2*1-2H3;1H4. The third kappa shape index (κ3) is 19.1. The number of unbranched alkanes of at least 4 members (excludes halogenated alkanes) is 1. The number of hydrogen-bond acceptors (Lipinski definition) is 11. The third-order valence-electron chi connectivity index (χ3n) is 5.53. The zero-order valence-electron chi connectivity index (χ0n) is 29.1. The van der Waals surface area contributed by atoms with Crippen molar-refractivity contribution in [3.63, 3.8) is 0 Å². The van der Waals surface area contributed by atoms with Gasteiger partial charge in [-0.25, -0.2) is 19.2 Å². The van der Waals surface area contributed by atoms with Gasteiger partial charge >= 0.3 is 35.8 Å². The van der Waals surface area contributed by atoms with Crippen molar-refractivity contribution in [2.75, 3.05) is 14.2 Å². The summed E-state index contributed by atoms with van der Waals surface area (Å²) in [5, 5.41) is 0. The average molecular weight is 683 g/mol. The van der Waals surface area contributed by atoms with Gasteiger partial charge in [0.1, 0.15) is 0 Å². The van der Waals surface area contributed by atoms with Crippen molar-refractivity contribution < 1.29 is 52.5 Å². The lowest BCUT2D eigenvalue weighted by Gasteiger charge is -1.97. The number of fused-ring (bicyclic) bond motifs is 2. The van der Waals surface area contributed by atoms with Gasteiger partial charge in [0.05, 0.1) is 36.5 Å². The highest BCUT2D eigenvalue weighted by Gasteiger charge is 2.29. The Bertz CT molecular complexity index is 1310. The molecule has 2 aliphatic rings. The minimum Gasteiger partial charge on any atom is -0.469 e. The van der Waals surface area contributed by atoms with Crippen molar-refractivity contribution in [1.29, 1.82) is 0 Å². The van der Waals surface area contributed by atoms with Crippen molar-refractivity contribution in [2.45, 2.75) is 75.2 Å². The van der Waals surface area contributed by atoms with Crippen LogP contribution in [0.5, 0.6) is 0 Å². The number of Topliss-reactive ketones (excluding diaryl/α,β-unsaturated/α-hetero) is 1. The summed E-state index contributed by atoms with van der Waals surface area (Å²) >= 11 is 0. The van der Waals surface area contributed by atoms with E-state index in [9.17, 15) is 33.6 Å². The second-order valence-corrected chi connectivity index (χ2v) is 8.73. The smallest absolute Gasteiger partial charge is 0.346 e. The summed E-state index contributed by atoms with van der Waals surface area (Å²) < 4.78 is 16.9. The maximum Gasteiger partial charge on any atom is 0.346 e. The third-order valence-corrected chi connectivity index (χ3v) is 5.53. The van der Waals surface area contributed by atoms with E-state index in [0.29, 0.717) is 28.7 Å². The largest absolute Gasteiger partial charge is 0.469 e. The molecule has 0 saturated heterocycles. The molecule has 0 amide bonds. The van der Waals surface area contributed by atoms with Crippen LogP contribution in [0.15, 0.2) is 78.9 Å². The molecule has 2 aliphatic heterocycles. The second-order valence-electron chi connectivity index (χ2n) is 8.73. The van der Waals surface area contributed by atoms with E-state index in [0.717, 1.165) is 18.4 Å². The zero-order chi connectivity index (χ0) is 37.1. The number of esters is 6. The average Bonchev–Trinajstić information content (AvgIpc) is 3.59. The van der Waals surface area contributed by atoms with Crippen LogP contribution in [0.4, 0.5) is 0 Å².